The lowest BCUT2D eigenvalue weighted by molar-refractivity contribution is 0.423. The van der Waals surface area contributed by atoms with Gasteiger partial charge in [-0.2, -0.15) is 0 Å². The maximum atomic E-state index is 6.64. The number of rotatable bonds is 3. The molecule has 4 rings (SSSR count). The Morgan fingerprint density at radius 3 is 2.50 bits per heavy atom. The van der Waals surface area contributed by atoms with Gasteiger partial charge in [-0.15, -0.1) is 0 Å². The number of benzene rings is 2. The highest BCUT2D eigenvalue weighted by Gasteiger charge is 2.33. The number of halogens is 1. The normalized spacial score (nSPS) is 24.6. The number of nitrogens with one attached hydrogen (secondary N) is 1. The van der Waals surface area contributed by atoms with E-state index in [-0.39, 0.29) is 18.2 Å². The van der Waals surface area contributed by atoms with Crippen LogP contribution in [0.15, 0.2) is 53.7 Å². The van der Waals surface area contributed by atoms with E-state index in [1.807, 2.05) is 37.4 Å². The van der Waals surface area contributed by atoms with Gasteiger partial charge in [0.25, 0.3) is 0 Å². The zero-order valence-electron chi connectivity index (χ0n) is 17.2. The van der Waals surface area contributed by atoms with Crippen molar-refractivity contribution >= 4 is 40.5 Å². The van der Waals surface area contributed by atoms with Gasteiger partial charge in [0.2, 0.25) is 0 Å². The summed E-state index contributed by atoms with van der Waals surface area (Å²) in [5.41, 5.74) is 23.9. The number of hydrogen-bond acceptors (Lipinski definition) is 7. The Balaban J connectivity index is 1.86. The number of nitrogens with zero attached hydrogens (tertiary/aromatic N) is 3. The zero-order chi connectivity index (χ0) is 21.4. The van der Waals surface area contributed by atoms with Gasteiger partial charge >= 0.3 is 0 Å². The van der Waals surface area contributed by atoms with Gasteiger partial charge in [0.15, 0.2) is 6.29 Å². The van der Waals surface area contributed by atoms with Gasteiger partial charge in [0, 0.05) is 41.2 Å². The molecule has 0 bridgehead atoms. The van der Waals surface area contributed by atoms with Crippen LogP contribution in [-0.4, -0.2) is 31.4 Å². The van der Waals surface area contributed by atoms with E-state index in [1.165, 1.54) is 0 Å². The summed E-state index contributed by atoms with van der Waals surface area (Å²) in [6.45, 7) is 4.86. The number of fused-ring (bicyclic) bond motifs is 1. The molecule has 0 aromatic heterocycles. The van der Waals surface area contributed by atoms with Crippen LogP contribution in [0.1, 0.15) is 19.4 Å². The second-order valence-electron chi connectivity index (χ2n) is 7.90. The maximum absolute atomic E-state index is 6.64. The SMILES string of the molecule is CC(N)N1c2ccc(C3=CNC(N)N=C3)cc2N(c2ccc(Cl)cc2)C[C@H](C)C1N. The zero-order valence-corrected chi connectivity index (χ0v) is 17.9. The number of nitrogens with two attached hydrogens (primary N) is 3. The molecular weight excluding hydrogens is 398 g/mol. The fourth-order valence-electron chi connectivity index (χ4n) is 4.00. The van der Waals surface area contributed by atoms with Gasteiger partial charge in [-0.3, -0.25) is 10.7 Å². The van der Waals surface area contributed by atoms with E-state index >= 15 is 0 Å². The van der Waals surface area contributed by atoms with E-state index in [1.54, 1.807) is 6.21 Å². The molecule has 0 radical (unpaired) electrons. The third-order valence-electron chi connectivity index (χ3n) is 5.61. The molecular formula is C22H28ClN7. The molecule has 7 N–H and O–H groups in total. The summed E-state index contributed by atoms with van der Waals surface area (Å²) >= 11 is 6.14. The molecule has 158 valence electrons. The van der Waals surface area contributed by atoms with Gasteiger partial charge in [0.05, 0.1) is 23.7 Å². The molecule has 0 saturated heterocycles. The minimum Gasteiger partial charge on any atom is -0.357 e. The van der Waals surface area contributed by atoms with Crippen molar-refractivity contribution in [2.24, 2.45) is 28.1 Å². The molecule has 2 aliphatic heterocycles. The molecule has 0 aliphatic carbocycles. The fourth-order valence-corrected chi connectivity index (χ4v) is 4.12. The Morgan fingerprint density at radius 1 is 1.13 bits per heavy atom. The van der Waals surface area contributed by atoms with Gasteiger partial charge in [-0.1, -0.05) is 24.6 Å². The largest absolute Gasteiger partial charge is 0.357 e. The Morgan fingerprint density at radius 2 is 1.87 bits per heavy atom. The van der Waals surface area contributed by atoms with E-state index in [2.05, 4.69) is 45.2 Å². The summed E-state index contributed by atoms with van der Waals surface area (Å²) in [4.78, 5) is 8.64. The first-order valence-electron chi connectivity index (χ1n) is 10.1. The lowest BCUT2D eigenvalue weighted by Crippen LogP contribution is -2.54. The van der Waals surface area contributed by atoms with Crippen molar-refractivity contribution in [1.29, 1.82) is 0 Å². The number of allylic oxidation sites excluding steroid dienone is 1. The van der Waals surface area contributed by atoms with Crippen LogP contribution in [0.2, 0.25) is 5.02 Å². The quantitative estimate of drug-likeness (QED) is 0.602. The van der Waals surface area contributed by atoms with Crippen molar-refractivity contribution in [3.05, 3.63) is 59.3 Å². The molecule has 0 fully saturated rings. The summed E-state index contributed by atoms with van der Waals surface area (Å²) in [5.74, 6) is 0.178. The van der Waals surface area contributed by atoms with Gasteiger partial charge < -0.3 is 26.6 Å². The summed E-state index contributed by atoms with van der Waals surface area (Å²) in [6.07, 6.45) is 2.84. The molecule has 2 aromatic carbocycles. The minimum absolute atomic E-state index is 0.178. The van der Waals surface area contributed by atoms with Crippen molar-refractivity contribution in [2.75, 3.05) is 16.3 Å². The maximum Gasteiger partial charge on any atom is 0.170 e. The van der Waals surface area contributed by atoms with Gasteiger partial charge in [-0.25, -0.2) is 0 Å². The fraction of sp³-hybridized carbons (Fsp3) is 0.318. The van der Waals surface area contributed by atoms with Crippen LogP contribution in [0.25, 0.3) is 5.57 Å². The lowest BCUT2D eigenvalue weighted by Gasteiger charge is -2.36. The molecule has 8 heteroatoms. The summed E-state index contributed by atoms with van der Waals surface area (Å²) < 4.78 is 0. The highest BCUT2D eigenvalue weighted by atomic mass is 35.5. The summed E-state index contributed by atoms with van der Waals surface area (Å²) in [6, 6.07) is 14.2. The van der Waals surface area contributed by atoms with Crippen LogP contribution in [0.4, 0.5) is 17.1 Å². The molecule has 7 nitrogen and oxygen atoms in total. The lowest BCUT2D eigenvalue weighted by atomic mass is 10.0. The average molecular weight is 426 g/mol. The molecule has 4 atom stereocenters. The van der Waals surface area contributed by atoms with Crippen molar-refractivity contribution < 1.29 is 0 Å². The standard InChI is InChI=1S/C22H28ClN7/c1-13-12-29(18-6-4-17(23)5-7-18)20-9-15(16-10-27-22(26)28-11-16)3-8-19(20)30(14(2)24)21(13)25/h3-11,13-14,21-22,27H,12,24-26H2,1-2H3/t13-,14?,21?,22?/m0/s1. The summed E-state index contributed by atoms with van der Waals surface area (Å²) in [5, 5.41) is 3.76. The first kappa shape index (κ1) is 20.7. The first-order valence-corrected chi connectivity index (χ1v) is 10.4. The smallest absolute Gasteiger partial charge is 0.170 e. The third kappa shape index (κ3) is 3.89. The van der Waals surface area contributed by atoms with Crippen molar-refractivity contribution in [3.8, 4) is 0 Å². The van der Waals surface area contributed by atoms with E-state index in [4.69, 9.17) is 28.8 Å². The molecule has 0 amide bonds. The molecule has 0 saturated carbocycles. The Hall–Kier alpha value is -2.58. The number of hydrogen-bond donors (Lipinski definition) is 4. The van der Waals surface area contributed by atoms with Crippen LogP contribution >= 0.6 is 11.6 Å². The van der Waals surface area contributed by atoms with E-state index in [9.17, 15) is 0 Å². The Kier molecular flexibility index (Phi) is 5.71. The predicted molar refractivity (Wildman–Crippen MR) is 126 cm³/mol. The van der Waals surface area contributed by atoms with E-state index in [0.717, 1.165) is 34.7 Å². The predicted octanol–water partition coefficient (Wildman–Crippen LogP) is 2.78. The molecule has 30 heavy (non-hydrogen) atoms. The number of aliphatic imine (C=N–C) groups is 1. The van der Waals surface area contributed by atoms with Crippen LogP contribution in [0.3, 0.4) is 0 Å². The highest BCUT2D eigenvalue weighted by Crippen LogP contribution is 2.41. The molecule has 2 heterocycles. The second-order valence-corrected chi connectivity index (χ2v) is 8.33. The van der Waals surface area contributed by atoms with E-state index < -0.39 is 6.29 Å². The Bertz CT molecular complexity index is 970. The topological polar surface area (TPSA) is 109 Å². The first-order chi connectivity index (χ1) is 14.3. The minimum atomic E-state index is -0.410. The van der Waals surface area contributed by atoms with Crippen molar-refractivity contribution in [2.45, 2.75) is 32.5 Å². The molecule has 0 spiro atoms. The molecule has 3 unspecified atom stereocenters. The molecule has 2 aliphatic rings. The second kappa shape index (κ2) is 8.28. The third-order valence-corrected chi connectivity index (χ3v) is 5.87. The Labute approximate surface area is 182 Å². The van der Waals surface area contributed by atoms with E-state index in [0.29, 0.717) is 5.02 Å². The molecule has 2 aromatic rings. The van der Waals surface area contributed by atoms with Crippen LogP contribution in [0.5, 0.6) is 0 Å². The van der Waals surface area contributed by atoms with Crippen molar-refractivity contribution in [1.82, 2.24) is 5.32 Å². The van der Waals surface area contributed by atoms with Gasteiger partial charge in [-0.05, 0) is 48.9 Å². The highest BCUT2D eigenvalue weighted by molar-refractivity contribution is 6.30. The van der Waals surface area contributed by atoms with Gasteiger partial charge in [0.1, 0.15) is 0 Å². The summed E-state index contributed by atoms with van der Waals surface area (Å²) in [7, 11) is 0. The van der Waals surface area contributed by atoms with Crippen LogP contribution in [-0.2, 0) is 0 Å². The monoisotopic (exact) mass is 425 g/mol. The van der Waals surface area contributed by atoms with Crippen LogP contribution in [0, 0.1) is 5.92 Å². The average Bonchev–Trinajstić information content (AvgIpc) is 2.83. The number of anilines is 3. The van der Waals surface area contributed by atoms with Crippen LogP contribution < -0.4 is 32.3 Å². The van der Waals surface area contributed by atoms with Crippen molar-refractivity contribution in [3.63, 3.8) is 0 Å².